The summed E-state index contributed by atoms with van der Waals surface area (Å²) >= 11 is 0. The Balaban J connectivity index is 1.89. The standard InChI is InChI=1S/C18H21N3O4/c1-25-16-4-2-13(3-5-16)11-20-12-15(10-19)17(22)21-8-6-14(7-9-21)18(23)24/h2-5,12,14,20H,6-9,11H2,1H3,(H,23,24)/b15-12-. The van der Waals surface area contributed by atoms with E-state index in [9.17, 15) is 14.9 Å². The summed E-state index contributed by atoms with van der Waals surface area (Å²) in [5, 5.41) is 21.2. The first-order valence-corrected chi connectivity index (χ1v) is 8.03. The monoisotopic (exact) mass is 343 g/mol. The number of benzene rings is 1. The number of nitrogens with zero attached hydrogens (tertiary/aromatic N) is 2. The Bertz CT molecular complexity index is 683. The smallest absolute Gasteiger partial charge is 0.306 e. The third kappa shape index (κ3) is 4.98. The Morgan fingerprint density at radius 3 is 2.52 bits per heavy atom. The number of ether oxygens (including phenoxy) is 1. The minimum absolute atomic E-state index is 0.0160. The van der Waals surface area contributed by atoms with E-state index in [4.69, 9.17) is 9.84 Å². The summed E-state index contributed by atoms with van der Waals surface area (Å²) in [5.41, 5.74) is 1.01. The van der Waals surface area contributed by atoms with Gasteiger partial charge in [-0.2, -0.15) is 5.26 Å². The lowest BCUT2D eigenvalue weighted by atomic mass is 9.97. The molecule has 1 fully saturated rings. The molecule has 0 unspecified atom stereocenters. The largest absolute Gasteiger partial charge is 0.497 e. The van der Waals surface area contributed by atoms with Gasteiger partial charge in [-0.05, 0) is 30.5 Å². The van der Waals surface area contributed by atoms with Crippen LogP contribution in [0.5, 0.6) is 5.75 Å². The summed E-state index contributed by atoms with van der Waals surface area (Å²) in [6.07, 6.45) is 2.24. The highest BCUT2D eigenvalue weighted by Gasteiger charge is 2.28. The molecule has 25 heavy (non-hydrogen) atoms. The number of carboxylic acids is 1. The number of nitriles is 1. The van der Waals surface area contributed by atoms with Crippen LogP contribution in [0.2, 0.25) is 0 Å². The van der Waals surface area contributed by atoms with E-state index in [0.29, 0.717) is 32.5 Å². The number of hydrogen-bond acceptors (Lipinski definition) is 5. The maximum atomic E-state index is 12.4. The van der Waals surface area contributed by atoms with Gasteiger partial charge in [0.2, 0.25) is 0 Å². The molecule has 0 atom stereocenters. The molecule has 0 bridgehead atoms. The number of amides is 1. The number of carboxylic acid groups (broad SMARTS) is 1. The summed E-state index contributed by atoms with van der Waals surface area (Å²) in [6.45, 7) is 1.18. The fourth-order valence-electron chi connectivity index (χ4n) is 2.66. The van der Waals surface area contributed by atoms with Gasteiger partial charge in [-0.25, -0.2) is 0 Å². The molecule has 1 aromatic carbocycles. The molecule has 132 valence electrons. The van der Waals surface area contributed by atoms with Gasteiger partial charge in [-0.15, -0.1) is 0 Å². The van der Waals surface area contributed by atoms with Crippen LogP contribution in [0.4, 0.5) is 0 Å². The molecular formula is C18H21N3O4. The Hall–Kier alpha value is -3.01. The predicted octanol–water partition coefficient (Wildman–Crippen LogP) is 1.52. The Morgan fingerprint density at radius 1 is 1.36 bits per heavy atom. The van der Waals surface area contributed by atoms with Crippen LogP contribution in [0.15, 0.2) is 36.0 Å². The van der Waals surface area contributed by atoms with E-state index < -0.39 is 11.9 Å². The highest BCUT2D eigenvalue weighted by atomic mass is 16.5. The van der Waals surface area contributed by atoms with E-state index in [1.165, 1.54) is 11.1 Å². The quantitative estimate of drug-likeness (QED) is 0.600. The number of piperidine rings is 1. The maximum Gasteiger partial charge on any atom is 0.306 e. The van der Waals surface area contributed by atoms with E-state index in [1.807, 2.05) is 30.3 Å². The van der Waals surface area contributed by atoms with Crippen molar-refractivity contribution >= 4 is 11.9 Å². The van der Waals surface area contributed by atoms with Crippen LogP contribution in [-0.2, 0) is 16.1 Å². The van der Waals surface area contributed by atoms with Gasteiger partial charge in [0.05, 0.1) is 13.0 Å². The molecule has 0 aliphatic carbocycles. The van der Waals surface area contributed by atoms with Gasteiger partial charge in [0.15, 0.2) is 0 Å². The van der Waals surface area contributed by atoms with Gasteiger partial charge in [0.1, 0.15) is 17.4 Å². The molecule has 7 heteroatoms. The summed E-state index contributed by atoms with van der Waals surface area (Å²) in [4.78, 5) is 24.8. The van der Waals surface area contributed by atoms with Crippen LogP contribution >= 0.6 is 0 Å². The zero-order chi connectivity index (χ0) is 18.2. The Morgan fingerprint density at radius 2 is 2.00 bits per heavy atom. The Labute approximate surface area is 146 Å². The van der Waals surface area contributed by atoms with E-state index in [-0.39, 0.29) is 11.5 Å². The van der Waals surface area contributed by atoms with Crippen LogP contribution in [0, 0.1) is 17.2 Å². The average molecular weight is 343 g/mol. The first-order valence-electron chi connectivity index (χ1n) is 8.03. The van der Waals surface area contributed by atoms with Crippen molar-refractivity contribution in [2.45, 2.75) is 19.4 Å². The van der Waals surface area contributed by atoms with Crippen LogP contribution < -0.4 is 10.1 Å². The van der Waals surface area contributed by atoms with Crippen molar-refractivity contribution in [2.75, 3.05) is 20.2 Å². The number of rotatable bonds is 6. The van der Waals surface area contributed by atoms with Crippen molar-refractivity contribution < 1.29 is 19.4 Å². The molecule has 1 amide bonds. The molecule has 0 radical (unpaired) electrons. The van der Waals surface area contributed by atoms with Crippen LogP contribution in [-0.4, -0.2) is 42.1 Å². The minimum Gasteiger partial charge on any atom is -0.497 e. The molecule has 0 aromatic heterocycles. The number of nitrogens with one attached hydrogen (secondary N) is 1. The fraction of sp³-hybridized carbons (Fsp3) is 0.389. The van der Waals surface area contributed by atoms with Crippen LogP contribution in [0.1, 0.15) is 18.4 Å². The lowest BCUT2D eigenvalue weighted by Gasteiger charge is -2.29. The van der Waals surface area contributed by atoms with Crippen LogP contribution in [0.3, 0.4) is 0 Å². The number of carbonyl (C=O) groups excluding carboxylic acids is 1. The molecule has 1 aliphatic rings. The number of hydrogen-bond donors (Lipinski definition) is 2. The zero-order valence-electron chi connectivity index (χ0n) is 14.1. The summed E-state index contributed by atoms with van der Waals surface area (Å²) in [7, 11) is 1.60. The minimum atomic E-state index is -0.829. The van der Waals surface area contributed by atoms with E-state index >= 15 is 0 Å². The first-order chi connectivity index (χ1) is 12.0. The number of likely N-dealkylation sites (tertiary alicyclic amines) is 1. The van der Waals surface area contributed by atoms with Crippen molar-refractivity contribution in [3.8, 4) is 11.8 Å². The highest BCUT2D eigenvalue weighted by Crippen LogP contribution is 2.18. The molecule has 1 aliphatic heterocycles. The van der Waals surface area contributed by atoms with Crippen molar-refractivity contribution in [2.24, 2.45) is 5.92 Å². The molecule has 0 spiro atoms. The molecular weight excluding hydrogens is 322 g/mol. The molecule has 2 N–H and O–H groups in total. The zero-order valence-corrected chi connectivity index (χ0v) is 14.1. The lowest BCUT2D eigenvalue weighted by molar-refractivity contribution is -0.145. The number of methoxy groups -OCH3 is 1. The fourth-order valence-corrected chi connectivity index (χ4v) is 2.66. The van der Waals surface area contributed by atoms with Crippen molar-refractivity contribution in [3.63, 3.8) is 0 Å². The van der Waals surface area contributed by atoms with Crippen LogP contribution in [0.25, 0.3) is 0 Å². The number of carbonyl (C=O) groups is 2. The van der Waals surface area contributed by atoms with E-state index in [1.54, 1.807) is 7.11 Å². The van der Waals surface area contributed by atoms with Gasteiger partial charge >= 0.3 is 5.97 Å². The third-order valence-electron chi connectivity index (χ3n) is 4.19. The molecule has 1 aromatic rings. The maximum absolute atomic E-state index is 12.4. The summed E-state index contributed by atoms with van der Waals surface area (Å²) in [5.74, 6) is -0.846. The Kier molecular flexibility index (Phi) is 6.40. The second-order valence-electron chi connectivity index (χ2n) is 5.80. The van der Waals surface area contributed by atoms with Gasteiger partial charge in [-0.3, -0.25) is 9.59 Å². The molecule has 1 heterocycles. The average Bonchev–Trinajstić information content (AvgIpc) is 2.65. The number of aliphatic carboxylic acids is 1. The van der Waals surface area contributed by atoms with Gasteiger partial charge in [-0.1, -0.05) is 12.1 Å². The SMILES string of the molecule is COc1ccc(CN/C=C(/C#N)C(=O)N2CCC(C(=O)O)CC2)cc1. The normalized spacial score (nSPS) is 15.4. The van der Waals surface area contributed by atoms with E-state index in [0.717, 1.165) is 11.3 Å². The first kappa shape index (κ1) is 18.3. The summed E-state index contributed by atoms with van der Waals surface area (Å²) < 4.78 is 5.09. The predicted molar refractivity (Wildman–Crippen MR) is 90.5 cm³/mol. The molecule has 7 nitrogen and oxygen atoms in total. The van der Waals surface area contributed by atoms with Crippen molar-refractivity contribution in [3.05, 3.63) is 41.6 Å². The van der Waals surface area contributed by atoms with E-state index in [2.05, 4.69) is 5.32 Å². The van der Waals surface area contributed by atoms with Crippen molar-refractivity contribution in [1.29, 1.82) is 5.26 Å². The van der Waals surface area contributed by atoms with Gasteiger partial charge < -0.3 is 20.1 Å². The molecule has 0 saturated carbocycles. The molecule has 2 rings (SSSR count). The second-order valence-corrected chi connectivity index (χ2v) is 5.80. The lowest BCUT2D eigenvalue weighted by Crippen LogP contribution is -2.41. The molecule has 1 saturated heterocycles. The van der Waals surface area contributed by atoms with Gasteiger partial charge in [0, 0.05) is 25.8 Å². The second kappa shape index (κ2) is 8.73. The third-order valence-corrected chi connectivity index (χ3v) is 4.19. The van der Waals surface area contributed by atoms with Crippen molar-refractivity contribution in [1.82, 2.24) is 10.2 Å². The highest BCUT2D eigenvalue weighted by molar-refractivity contribution is 5.97. The topological polar surface area (TPSA) is 103 Å². The van der Waals surface area contributed by atoms with Gasteiger partial charge in [0.25, 0.3) is 5.91 Å². The summed E-state index contributed by atoms with van der Waals surface area (Å²) in [6, 6.07) is 9.37.